The van der Waals surface area contributed by atoms with Crippen molar-refractivity contribution in [2.24, 2.45) is 0 Å². The van der Waals surface area contributed by atoms with Crippen molar-refractivity contribution in [3.63, 3.8) is 0 Å². The molecule has 0 spiro atoms. The van der Waals surface area contributed by atoms with Crippen LogP contribution in [0.3, 0.4) is 0 Å². The minimum atomic E-state index is -3.10. The molecule has 5 heteroatoms. The van der Waals surface area contributed by atoms with E-state index in [1.54, 1.807) is 19.1 Å². The number of likely N-dealkylation sites (tertiary alicyclic amines) is 1. The molecule has 1 heterocycles. The molecule has 2 unspecified atom stereocenters. The van der Waals surface area contributed by atoms with Crippen LogP contribution >= 0.6 is 0 Å². The summed E-state index contributed by atoms with van der Waals surface area (Å²) in [6.45, 7) is 4.91. The normalized spacial score (nSPS) is 24.6. The molecular formula is C14H22N2O2S. The Morgan fingerprint density at radius 3 is 2.42 bits per heavy atom. The van der Waals surface area contributed by atoms with E-state index in [2.05, 4.69) is 24.2 Å². The molecule has 0 bridgehead atoms. The van der Waals surface area contributed by atoms with Crippen molar-refractivity contribution in [2.45, 2.75) is 37.2 Å². The van der Waals surface area contributed by atoms with E-state index in [0.717, 1.165) is 18.7 Å². The van der Waals surface area contributed by atoms with Gasteiger partial charge in [0.05, 0.1) is 10.6 Å². The van der Waals surface area contributed by atoms with Gasteiger partial charge in [0.15, 0.2) is 9.84 Å². The highest BCUT2D eigenvalue weighted by atomic mass is 32.2. The number of anilines is 1. The number of benzene rings is 1. The third-order valence-electron chi connectivity index (χ3n) is 3.85. The minimum Gasteiger partial charge on any atom is -0.381 e. The number of likely N-dealkylation sites (N-methyl/N-ethyl adjacent to an activating group) is 1. The predicted molar refractivity (Wildman–Crippen MR) is 78.3 cm³/mol. The fourth-order valence-electron chi connectivity index (χ4n) is 2.46. The second kappa shape index (κ2) is 5.51. The average Bonchev–Trinajstić information content (AvgIpc) is 2.69. The van der Waals surface area contributed by atoms with Crippen LogP contribution in [-0.2, 0) is 9.84 Å². The monoisotopic (exact) mass is 282 g/mol. The quantitative estimate of drug-likeness (QED) is 0.917. The Bertz CT molecular complexity index is 515. The molecule has 106 valence electrons. The largest absolute Gasteiger partial charge is 0.381 e. The number of hydrogen-bond acceptors (Lipinski definition) is 4. The van der Waals surface area contributed by atoms with Crippen molar-refractivity contribution in [1.82, 2.24) is 4.90 Å². The summed E-state index contributed by atoms with van der Waals surface area (Å²) in [4.78, 5) is 2.73. The summed E-state index contributed by atoms with van der Waals surface area (Å²) in [5, 5.41) is 3.46. The lowest BCUT2D eigenvalue weighted by atomic mass is 10.2. The predicted octanol–water partition coefficient (Wildman–Crippen LogP) is 1.98. The topological polar surface area (TPSA) is 49.4 Å². The third-order valence-corrected chi connectivity index (χ3v) is 5.60. The van der Waals surface area contributed by atoms with Gasteiger partial charge >= 0.3 is 0 Å². The molecule has 2 atom stereocenters. The van der Waals surface area contributed by atoms with Gasteiger partial charge in [0.25, 0.3) is 0 Å². The van der Waals surface area contributed by atoms with Gasteiger partial charge < -0.3 is 10.2 Å². The highest BCUT2D eigenvalue weighted by molar-refractivity contribution is 7.91. The Kier molecular flexibility index (Phi) is 4.16. The molecule has 1 saturated heterocycles. The van der Waals surface area contributed by atoms with Gasteiger partial charge in [-0.3, -0.25) is 0 Å². The Balaban J connectivity index is 2.04. The van der Waals surface area contributed by atoms with Crippen molar-refractivity contribution in [3.8, 4) is 0 Å². The molecule has 19 heavy (non-hydrogen) atoms. The summed E-state index contributed by atoms with van der Waals surface area (Å²) in [5.74, 6) is 0.144. The molecule has 0 saturated carbocycles. The van der Waals surface area contributed by atoms with E-state index in [-0.39, 0.29) is 5.75 Å². The van der Waals surface area contributed by atoms with E-state index in [1.807, 2.05) is 12.1 Å². The maximum absolute atomic E-state index is 11.7. The van der Waals surface area contributed by atoms with Crippen molar-refractivity contribution in [3.05, 3.63) is 24.3 Å². The van der Waals surface area contributed by atoms with Crippen LogP contribution in [-0.4, -0.2) is 44.7 Å². The molecule has 1 aromatic rings. The molecule has 0 aliphatic carbocycles. The van der Waals surface area contributed by atoms with Gasteiger partial charge in [0, 0.05) is 24.3 Å². The van der Waals surface area contributed by atoms with Crippen molar-refractivity contribution in [2.75, 3.05) is 24.7 Å². The van der Waals surface area contributed by atoms with Crippen LogP contribution in [0.2, 0.25) is 0 Å². The number of rotatable bonds is 4. The smallest absolute Gasteiger partial charge is 0.178 e. The first-order valence-electron chi connectivity index (χ1n) is 6.72. The van der Waals surface area contributed by atoms with Crippen molar-refractivity contribution < 1.29 is 8.42 Å². The Morgan fingerprint density at radius 2 is 1.95 bits per heavy atom. The highest BCUT2D eigenvalue weighted by Crippen LogP contribution is 2.21. The van der Waals surface area contributed by atoms with Gasteiger partial charge in [-0.2, -0.15) is 0 Å². The van der Waals surface area contributed by atoms with Crippen molar-refractivity contribution >= 4 is 15.5 Å². The van der Waals surface area contributed by atoms with E-state index < -0.39 is 9.84 Å². The van der Waals surface area contributed by atoms with Crippen LogP contribution in [0.4, 0.5) is 5.69 Å². The summed E-state index contributed by atoms with van der Waals surface area (Å²) in [5.41, 5.74) is 0.988. The number of sulfone groups is 1. The maximum Gasteiger partial charge on any atom is 0.178 e. The number of nitrogens with zero attached hydrogens (tertiary/aromatic N) is 1. The van der Waals surface area contributed by atoms with E-state index in [1.165, 1.54) is 0 Å². The summed E-state index contributed by atoms with van der Waals surface area (Å²) in [6, 6.07) is 8.11. The van der Waals surface area contributed by atoms with Gasteiger partial charge in [0.1, 0.15) is 0 Å². The van der Waals surface area contributed by atoms with Gasteiger partial charge in [-0.1, -0.05) is 6.92 Å². The Labute approximate surface area is 115 Å². The van der Waals surface area contributed by atoms with Crippen LogP contribution in [0.5, 0.6) is 0 Å². The first kappa shape index (κ1) is 14.3. The van der Waals surface area contributed by atoms with Gasteiger partial charge in [-0.25, -0.2) is 8.42 Å². The van der Waals surface area contributed by atoms with E-state index in [0.29, 0.717) is 17.0 Å². The van der Waals surface area contributed by atoms with Gasteiger partial charge in [-0.15, -0.1) is 0 Å². The molecule has 1 aromatic carbocycles. The maximum atomic E-state index is 11.7. The zero-order chi connectivity index (χ0) is 14.0. The van der Waals surface area contributed by atoms with Gasteiger partial charge in [-0.05, 0) is 44.7 Å². The lowest BCUT2D eigenvalue weighted by Gasteiger charge is -2.14. The van der Waals surface area contributed by atoms with Crippen LogP contribution in [0.1, 0.15) is 20.3 Å². The number of hydrogen-bond donors (Lipinski definition) is 1. The molecule has 1 aliphatic heterocycles. The van der Waals surface area contributed by atoms with Crippen LogP contribution < -0.4 is 5.32 Å². The Morgan fingerprint density at radius 1 is 1.32 bits per heavy atom. The molecular weight excluding hydrogens is 260 g/mol. The highest BCUT2D eigenvalue weighted by Gasteiger charge is 2.25. The van der Waals surface area contributed by atoms with Crippen LogP contribution in [0.25, 0.3) is 0 Å². The summed E-state index contributed by atoms with van der Waals surface area (Å²) < 4.78 is 23.4. The summed E-state index contributed by atoms with van der Waals surface area (Å²) in [6.07, 6.45) is 1.12. The fourth-order valence-corrected chi connectivity index (χ4v) is 3.34. The lowest BCUT2D eigenvalue weighted by Crippen LogP contribution is -2.24. The molecule has 1 fully saturated rings. The summed E-state index contributed by atoms with van der Waals surface area (Å²) in [7, 11) is -0.968. The molecule has 4 nitrogen and oxygen atoms in total. The van der Waals surface area contributed by atoms with E-state index in [4.69, 9.17) is 0 Å². The lowest BCUT2D eigenvalue weighted by molar-refractivity contribution is 0.330. The molecule has 2 rings (SSSR count). The second-order valence-electron chi connectivity index (χ2n) is 5.29. The average molecular weight is 282 g/mol. The standard InChI is InChI=1S/C14H22N2O2S/c1-4-19(17,18)14-7-5-12(6-8-14)15-13-9-11(2)16(3)10-13/h5-8,11,13,15H,4,9-10H2,1-3H3. The number of nitrogens with one attached hydrogen (secondary N) is 1. The third kappa shape index (κ3) is 3.28. The first-order valence-corrected chi connectivity index (χ1v) is 8.37. The molecule has 0 amide bonds. The van der Waals surface area contributed by atoms with E-state index >= 15 is 0 Å². The zero-order valence-electron chi connectivity index (χ0n) is 11.8. The molecule has 0 radical (unpaired) electrons. The Hall–Kier alpha value is -1.07. The van der Waals surface area contributed by atoms with E-state index in [9.17, 15) is 8.42 Å². The zero-order valence-corrected chi connectivity index (χ0v) is 12.6. The minimum absolute atomic E-state index is 0.144. The SMILES string of the molecule is CCS(=O)(=O)c1ccc(NC2CC(C)N(C)C2)cc1. The van der Waals surface area contributed by atoms with Crippen LogP contribution in [0, 0.1) is 0 Å². The fraction of sp³-hybridized carbons (Fsp3) is 0.571. The second-order valence-corrected chi connectivity index (χ2v) is 7.57. The molecule has 1 aliphatic rings. The van der Waals surface area contributed by atoms with Crippen LogP contribution in [0.15, 0.2) is 29.2 Å². The van der Waals surface area contributed by atoms with Crippen molar-refractivity contribution in [1.29, 1.82) is 0 Å². The molecule has 0 aromatic heterocycles. The molecule has 1 N–H and O–H groups in total. The summed E-state index contributed by atoms with van der Waals surface area (Å²) >= 11 is 0. The first-order chi connectivity index (χ1) is 8.92. The van der Waals surface area contributed by atoms with Gasteiger partial charge in [0.2, 0.25) is 0 Å².